The second-order valence-corrected chi connectivity index (χ2v) is 5.08. The van der Waals surface area contributed by atoms with Crippen molar-refractivity contribution in [2.45, 2.75) is 12.3 Å². The van der Waals surface area contributed by atoms with E-state index in [2.05, 4.69) is 29.1 Å². The maximum absolute atomic E-state index is 10.9. The van der Waals surface area contributed by atoms with Crippen molar-refractivity contribution in [1.82, 2.24) is 9.88 Å². The number of carboxylic acid groups (broad SMARTS) is 1. The summed E-state index contributed by atoms with van der Waals surface area (Å²) in [6.07, 6.45) is 1.18. The van der Waals surface area contributed by atoms with Crippen LogP contribution >= 0.6 is 0 Å². The minimum absolute atomic E-state index is 0.255. The summed E-state index contributed by atoms with van der Waals surface area (Å²) in [5.41, 5.74) is 2.45. The molecule has 1 aliphatic heterocycles. The standard InChI is InChI=1S/C14H16N2O2/c1-16-5-4-10(8-16)9-2-3-12-11(6-9)7-13(15-12)14(17)18/h2-3,6-7,10,15H,4-5,8H2,1H3,(H,17,18). The molecular weight excluding hydrogens is 228 g/mol. The van der Waals surface area contributed by atoms with Gasteiger partial charge in [0.15, 0.2) is 0 Å². The molecule has 0 saturated carbocycles. The monoisotopic (exact) mass is 244 g/mol. The number of rotatable bonds is 2. The Balaban J connectivity index is 1.97. The zero-order chi connectivity index (χ0) is 12.7. The van der Waals surface area contributed by atoms with E-state index in [1.54, 1.807) is 6.07 Å². The molecule has 1 fully saturated rings. The average molecular weight is 244 g/mol. The van der Waals surface area contributed by atoms with E-state index in [0.717, 1.165) is 24.0 Å². The number of nitrogens with one attached hydrogen (secondary N) is 1. The zero-order valence-electron chi connectivity index (χ0n) is 10.3. The minimum Gasteiger partial charge on any atom is -0.477 e. The van der Waals surface area contributed by atoms with Crippen molar-refractivity contribution in [3.05, 3.63) is 35.5 Å². The van der Waals surface area contributed by atoms with Crippen molar-refractivity contribution in [3.63, 3.8) is 0 Å². The topological polar surface area (TPSA) is 56.3 Å². The summed E-state index contributed by atoms with van der Waals surface area (Å²) < 4.78 is 0. The molecule has 0 radical (unpaired) electrons. The van der Waals surface area contributed by atoms with Gasteiger partial charge >= 0.3 is 5.97 Å². The van der Waals surface area contributed by atoms with Gasteiger partial charge in [-0.2, -0.15) is 0 Å². The molecule has 0 amide bonds. The van der Waals surface area contributed by atoms with Crippen molar-refractivity contribution in [3.8, 4) is 0 Å². The van der Waals surface area contributed by atoms with Crippen molar-refractivity contribution in [2.75, 3.05) is 20.1 Å². The number of H-pyrrole nitrogens is 1. The third-order valence-electron chi connectivity index (χ3n) is 3.74. The second-order valence-electron chi connectivity index (χ2n) is 5.08. The Labute approximate surface area is 105 Å². The number of carbonyl (C=O) groups is 1. The first-order valence-corrected chi connectivity index (χ1v) is 6.18. The van der Waals surface area contributed by atoms with Crippen molar-refractivity contribution >= 4 is 16.9 Å². The van der Waals surface area contributed by atoms with Gasteiger partial charge in [-0.25, -0.2) is 4.79 Å². The summed E-state index contributed by atoms with van der Waals surface area (Å²) in [5.74, 6) is -0.337. The summed E-state index contributed by atoms with van der Waals surface area (Å²) in [6.45, 7) is 2.22. The fourth-order valence-corrected chi connectivity index (χ4v) is 2.73. The Morgan fingerprint density at radius 1 is 1.44 bits per heavy atom. The third-order valence-corrected chi connectivity index (χ3v) is 3.74. The van der Waals surface area contributed by atoms with Gasteiger partial charge in [0.2, 0.25) is 0 Å². The molecule has 2 N–H and O–H groups in total. The van der Waals surface area contributed by atoms with Crippen LogP contribution in [0, 0.1) is 0 Å². The first-order chi connectivity index (χ1) is 8.63. The van der Waals surface area contributed by atoms with Crippen molar-refractivity contribution < 1.29 is 9.90 Å². The largest absolute Gasteiger partial charge is 0.477 e. The maximum atomic E-state index is 10.9. The van der Waals surface area contributed by atoms with E-state index >= 15 is 0 Å². The zero-order valence-corrected chi connectivity index (χ0v) is 10.3. The Bertz CT molecular complexity index is 603. The molecule has 0 bridgehead atoms. The van der Waals surface area contributed by atoms with Gasteiger partial charge in [0.25, 0.3) is 0 Å². The van der Waals surface area contributed by atoms with E-state index in [1.165, 1.54) is 12.0 Å². The number of aromatic nitrogens is 1. The van der Waals surface area contributed by atoms with Gasteiger partial charge in [-0.05, 0) is 49.7 Å². The van der Waals surface area contributed by atoms with E-state index in [-0.39, 0.29) is 5.69 Å². The van der Waals surface area contributed by atoms with Crippen LogP contribution in [0.15, 0.2) is 24.3 Å². The lowest BCUT2D eigenvalue weighted by atomic mass is 9.97. The summed E-state index contributed by atoms with van der Waals surface area (Å²) in [7, 11) is 2.14. The first-order valence-electron chi connectivity index (χ1n) is 6.18. The van der Waals surface area contributed by atoms with Gasteiger partial charge in [0.05, 0.1) is 0 Å². The lowest BCUT2D eigenvalue weighted by Gasteiger charge is -2.10. The smallest absolute Gasteiger partial charge is 0.352 e. The van der Waals surface area contributed by atoms with Crippen LogP contribution in [0.2, 0.25) is 0 Å². The van der Waals surface area contributed by atoms with Crippen LogP contribution in [0.5, 0.6) is 0 Å². The molecule has 1 unspecified atom stereocenters. The highest BCUT2D eigenvalue weighted by atomic mass is 16.4. The van der Waals surface area contributed by atoms with E-state index in [9.17, 15) is 4.79 Å². The number of benzene rings is 1. The number of aromatic carboxylic acids is 1. The van der Waals surface area contributed by atoms with Gasteiger partial charge in [-0.1, -0.05) is 6.07 Å². The number of aromatic amines is 1. The summed E-state index contributed by atoms with van der Waals surface area (Å²) in [4.78, 5) is 16.2. The molecule has 2 heterocycles. The van der Waals surface area contributed by atoms with E-state index < -0.39 is 5.97 Å². The molecule has 4 heteroatoms. The molecule has 1 aromatic heterocycles. The van der Waals surface area contributed by atoms with Gasteiger partial charge in [0, 0.05) is 17.4 Å². The minimum atomic E-state index is -0.909. The summed E-state index contributed by atoms with van der Waals surface area (Å²) in [5, 5.41) is 9.95. The number of hydrogen-bond donors (Lipinski definition) is 2. The van der Waals surface area contributed by atoms with E-state index in [4.69, 9.17) is 5.11 Å². The van der Waals surface area contributed by atoms with E-state index in [1.807, 2.05) is 6.07 Å². The first kappa shape index (κ1) is 11.3. The van der Waals surface area contributed by atoms with Gasteiger partial charge in [0.1, 0.15) is 5.69 Å². The molecular formula is C14H16N2O2. The number of likely N-dealkylation sites (tertiary alicyclic amines) is 1. The van der Waals surface area contributed by atoms with E-state index in [0.29, 0.717) is 5.92 Å². The molecule has 0 spiro atoms. The maximum Gasteiger partial charge on any atom is 0.352 e. The van der Waals surface area contributed by atoms with Crippen LogP contribution in [0.25, 0.3) is 10.9 Å². The van der Waals surface area contributed by atoms with Gasteiger partial charge in [-0.3, -0.25) is 0 Å². The predicted octanol–water partition coefficient (Wildman–Crippen LogP) is 2.29. The molecule has 1 saturated heterocycles. The SMILES string of the molecule is CN1CCC(c2ccc3[nH]c(C(=O)O)cc3c2)C1. The fourth-order valence-electron chi connectivity index (χ4n) is 2.73. The number of carboxylic acids is 1. The third kappa shape index (κ3) is 1.88. The Morgan fingerprint density at radius 2 is 2.28 bits per heavy atom. The lowest BCUT2D eigenvalue weighted by molar-refractivity contribution is 0.0691. The molecule has 3 rings (SSSR count). The molecule has 1 atom stereocenters. The highest BCUT2D eigenvalue weighted by Gasteiger charge is 2.21. The number of likely N-dealkylation sites (N-methyl/N-ethyl adjacent to an activating group) is 1. The molecule has 18 heavy (non-hydrogen) atoms. The normalized spacial score (nSPS) is 20.6. The number of fused-ring (bicyclic) bond motifs is 1. The molecule has 1 aromatic carbocycles. The van der Waals surface area contributed by atoms with Crippen molar-refractivity contribution in [1.29, 1.82) is 0 Å². The molecule has 4 nitrogen and oxygen atoms in total. The molecule has 2 aromatic rings. The van der Waals surface area contributed by atoms with Crippen LogP contribution in [0.3, 0.4) is 0 Å². The fraction of sp³-hybridized carbons (Fsp3) is 0.357. The Morgan fingerprint density at radius 3 is 2.94 bits per heavy atom. The number of nitrogens with zero attached hydrogens (tertiary/aromatic N) is 1. The average Bonchev–Trinajstić information content (AvgIpc) is 2.93. The Kier molecular flexibility index (Phi) is 2.59. The summed E-state index contributed by atoms with van der Waals surface area (Å²) >= 11 is 0. The van der Waals surface area contributed by atoms with Crippen LogP contribution in [-0.2, 0) is 0 Å². The Hall–Kier alpha value is -1.81. The van der Waals surface area contributed by atoms with Gasteiger partial charge < -0.3 is 15.0 Å². The molecule has 1 aliphatic rings. The van der Waals surface area contributed by atoms with Crippen LogP contribution in [0.4, 0.5) is 0 Å². The van der Waals surface area contributed by atoms with Crippen LogP contribution in [-0.4, -0.2) is 41.1 Å². The van der Waals surface area contributed by atoms with Crippen LogP contribution in [0.1, 0.15) is 28.4 Å². The second kappa shape index (κ2) is 4.14. The predicted molar refractivity (Wildman–Crippen MR) is 70.1 cm³/mol. The summed E-state index contributed by atoms with van der Waals surface area (Å²) in [6, 6.07) is 7.91. The lowest BCUT2D eigenvalue weighted by Crippen LogP contribution is -2.13. The molecule has 94 valence electrons. The quantitative estimate of drug-likeness (QED) is 0.852. The van der Waals surface area contributed by atoms with Crippen LogP contribution < -0.4 is 0 Å². The highest BCUT2D eigenvalue weighted by Crippen LogP contribution is 2.28. The molecule has 0 aliphatic carbocycles. The van der Waals surface area contributed by atoms with Gasteiger partial charge in [-0.15, -0.1) is 0 Å². The highest BCUT2D eigenvalue weighted by molar-refractivity contribution is 5.93. The van der Waals surface area contributed by atoms with Crippen molar-refractivity contribution in [2.24, 2.45) is 0 Å². The number of hydrogen-bond acceptors (Lipinski definition) is 2.